The lowest BCUT2D eigenvalue weighted by atomic mass is 10.2. The molecule has 2 aromatic carbocycles. The third-order valence-corrected chi connectivity index (χ3v) is 3.25. The summed E-state index contributed by atoms with van der Waals surface area (Å²) in [4.78, 5) is 14.7. The number of benzene rings is 2. The summed E-state index contributed by atoms with van der Waals surface area (Å²) in [5.74, 6) is 0.533. The lowest BCUT2D eigenvalue weighted by Crippen LogP contribution is -1.93. The van der Waals surface area contributed by atoms with E-state index < -0.39 is 5.91 Å². The molecule has 6 heteroatoms. The Bertz CT molecular complexity index is 851. The number of aromatic amines is 1. The van der Waals surface area contributed by atoms with Gasteiger partial charge in [-0.3, -0.25) is 4.79 Å². The van der Waals surface area contributed by atoms with Crippen molar-refractivity contribution in [3.63, 3.8) is 0 Å². The molecule has 0 aliphatic carbocycles. The van der Waals surface area contributed by atoms with Gasteiger partial charge in [-0.15, -0.1) is 10.2 Å². The second-order valence-electron chi connectivity index (χ2n) is 4.60. The number of rotatable bonds is 3. The smallest absolute Gasteiger partial charge is 0.295 e. The maximum atomic E-state index is 12.0. The molecule has 0 atom stereocenters. The molecular weight excluding hydrogens is 282 g/mol. The van der Waals surface area contributed by atoms with Gasteiger partial charge in [0.1, 0.15) is 5.75 Å². The van der Waals surface area contributed by atoms with E-state index in [-0.39, 0.29) is 5.88 Å². The SMILES string of the molecule is COc1ccc(C(=O)N=Nc2[nH]c(O)c3ccccc23)cc1. The van der Waals surface area contributed by atoms with Crippen LogP contribution < -0.4 is 4.74 Å². The lowest BCUT2D eigenvalue weighted by molar-refractivity contribution is 0.0995. The van der Waals surface area contributed by atoms with Crippen molar-refractivity contribution in [2.75, 3.05) is 7.11 Å². The Balaban J connectivity index is 1.87. The van der Waals surface area contributed by atoms with Gasteiger partial charge in [-0.2, -0.15) is 0 Å². The van der Waals surface area contributed by atoms with Gasteiger partial charge in [0.2, 0.25) is 0 Å². The monoisotopic (exact) mass is 295 g/mol. The zero-order chi connectivity index (χ0) is 15.5. The second-order valence-corrected chi connectivity index (χ2v) is 4.60. The molecule has 2 N–H and O–H groups in total. The number of azo groups is 1. The number of ether oxygens (including phenoxy) is 1. The first-order valence-corrected chi connectivity index (χ1v) is 6.59. The number of carbonyl (C=O) groups is 1. The van der Waals surface area contributed by atoms with Gasteiger partial charge in [-0.05, 0) is 30.3 Å². The van der Waals surface area contributed by atoms with E-state index in [4.69, 9.17) is 4.74 Å². The molecule has 0 spiro atoms. The van der Waals surface area contributed by atoms with Crippen molar-refractivity contribution in [2.45, 2.75) is 0 Å². The summed E-state index contributed by atoms with van der Waals surface area (Å²) in [6, 6.07) is 13.8. The minimum absolute atomic E-state index is 0.00134. The van der Waals surface area contributed by atoms with Crippen LogP contribution in [0.4, 0.5) is 5.82 Å². The quantitative estimate of drug-likeness (QED) is 0.720. The number of H-pyrrole nitrogens is 1. The van der Waals surface area contributed by atoms with Crippen LogP contribution in [0.1, 0.15) is 10.4 Å². The average Bonchev–Trinajstić information content (AvgIpc) is 2.89. The largest absolute Gasteiger partial charge is 0.497 e. The number of aromatic nitrogens is 1. The van der Waals surface area contributed by atoms with E-state index in [9.17, 15) is 9.90 Å². The van der Waals surface area contributed by atoms with Crippen LogP contribution >= 0.6 is 0 Å². The van der Waals surface area contributed by atoms with Crippen LogP contribution in [-0.2, 0) is 0 Å². The molecule has 0 unspecified atom stereocenters. The Morgan fingerprint density at radius 1 is 1.09 bits per heavy atom. The van der Waals surface area contributed by atoms with E-state index >= 15 is 0 Å². The number of nitrogens with zero attached hydrogens (tertiary/aromatic N) is 2. The Hall–Kier alpha value is -3.15. The van der Waals surface area contributed by atoms with Crippen LogP contribution in [0.25, 0.3) is 10.8 Å². The Morgan fingerprint density at radius 2 is 1.77 bits per heavy atom. The zero-order valence-corrected chi connectivity index (χ0v) is 11.8. The molecule has 1 amide bonds. The summed E-state index contributed by atoms with van der Waals surface area (Å²) in [6.45, 7) is 0. The van der Waals surface area contributed by atoms with Gasteiger partial charge >= 0.3 is 0 Å². The number of fused-ring (bicyclic) bond motifs is 1. The predicted octanol–water partition coefficient (Wildman–Crippen LogP) is 3.81. The van der Waals surface area contributed by atoms with E-state index in [1.165, 1.54) is 0 Å². The summed E-state index contributed by atoms with van der Waals surface area (Å²) in [7, 11) is 1.55. The predicted molar refractivity (Wildman–Crippen MR) is 81.8 cm³/mol. The highest BCUT2D eigenvalue weighted by molar-refractivity contribution is 5.97. The van der Waals surface area contributed by atoms with Crippen molar-refractivity contribution in [2.24, 2.45) is 10.2 Å². The summed E-state index contributed by atoms with van der Waals surface area (Å²) < 4.78 is 5.03. The third-order valence-electron chi connectivity index (χ3n) is 3.25. The summed E-state index contributed by atoms with van der Waals surface area (Å²) in [6.07, 6.45) is 0. The van der Waals surface area contributed by atoms with Crippen LogP contribution in [0.3, 0.4) is 0 Å². The number of hydrogen-bond acceptors (Lipinski definition) is 4. The van der Waals surface area contributed by atoms with Crippen molar-refractivity contribution >= 4 is 22.5 Å². The topological polar surface area (TPSA) is 87.0 Å². The van der Waals surface area contributed by atoms with Crippen molar-refractivity contribution < 1.29 is 14.6 Å². The number of nitrogens with one attached hydrogen (secondary N) is 1. The number of methoxy groups -OCH3 is 1. The van der Waals surface area contributed by atoms with Gasteiger partial charge in [0.15, 0.2) is 11.7 Å². The fraction of sp³-hybridized carbons (Fsp3) is 0.0625. The summed E-state index contributed by atoms with van der Waals surface area (Å²) >= 11 is 0. The molecular formula is C16H13N3O3. The highest BCUT2D eigenvalue weighted by atomic mass is 16.5. The fourth-order valence-corrected chi connectivity index (χ4v) is 2.11. The first kappa shape index (κ1) is 13.8. The Morgan fingerprint density at radius 3 is 2.45 bits per heavy atom. The Kier molecular flexibility index (Phi) is 3.57. The van der Waals surface area contributed by atoms with E-state index in [0.29, 0.717) is 27.9 Å². The molecule has 1 aromatic heterocycles. The van der Waals surface area contributed by atoms with Gasteiger partial charge in [0.25, 0.3) is 5.91 Å². The van der Waals surface area contributed by atoms with E-state index in [0.717, 1.165) is 0 Å². The maximum absolute atomic E-state index is 12.0. The normalized spacial score (nSPS) is 11.1. The van der Waals surface area contributed by atoms with E-state index in [1.54, 1.807) is 49.6 Å². The molecule has 0 saturated heterocycles. The third kappa shape index (κ3) is 2.54. The second kappa shape index (κ2) is 5.69. The van der Waals surface area contributed by atoms with Gasteiger partial charge in [-0.25, -0.2) is 0 Å². The first-order chi connectivity index (χ1) is 10.7. The molecule has 0 fully saturated rings. The molecule has 3 rings (SSSR count). The van der Waals surface area contributed by atoms with Crippen molar-refractivity contribution in [3.8, 4) is 11.6 Å². The van der Waals surface area contributed by atoms with Crippen LogP contribution in [0.15, 0.2) is 58.8 Å². The van der Waals surface area contributed by atoms with E-state index in [1.807, 2.05) is 6.07 Å². The molecule has 0 aliphatic heterocycles. The number of amides is 1. The number of aromatic hydroxyl groups is 1. The van der Waals surface area contributed by atoms with Gasteiger partial charge in [0, 0.05) is 16.3 Å². The van der Waals surface area contributed by atoms with Crippen LogP contribution in [-0.4, -0.2) is 23.1 Å². The molecule has 22 heavy (non-hydrogen) atoms. The van der Waals surface area contributed by atoms with Crippen molar-refractivity contribution in [1.29, 1.82) is 0 Å². The minimum atomic E-state index is -0.471. The molecule has 110 valence electrons. The van der Waals surface area contributed by atoms with Crippen molar-refractivity contribution in [3.05, 3.63) is 54.1 Å². The molecule has 1 heterocycles. The summed E-state index contributed by atoms with van der Waals surface area (Å²) in [5.41, 5.74) is 0.407. The van der Waals surface area contributed by atoms with Gasteiger partial charge in [0.05, 0.1) is 7.11 Å². The number of carbonyl (C=O) groups excluding carboxylic acids is 1. The first-order valence-electron chi connectivity index (χ1n) is 6.59. The highest BCUT2D eigenvalue weighted by Gasteiger charge is 2.09. The average molecular weight is 295 g/mol. The number of hydrogen-bond donors (Lipinski definition) is 2. The molecule has 0 bridgehead atoms. The molecule has 3 aromatic rings. The van der Waals surface area contributed by atoms with Crippen LogP contribution in [0, 0.1) is 0 Å². The Labute approximate surface area is 126 Å². The van der Waals surface area contributed by atoms with Gasteiger partial charge in [-0.1, -0.05) is 18.2 Å². The molecule has 0 radical (unpaired) electrons. The molecule has 6 nitrogen and oxygen atoms in total. The maximum Gasteiger partial charge on any atom is 0.295 e. The van der Waals surface area contributed by atoms with Crippen LogP contribution in [0.5, 0.6) is 11.6 Å². The fourth-order valence-electron chi connectivity index (χ4n) is 2.11. The van der Waals surface area contributed by atoms with Crippen LogP contribution in [0.2, 0.25) is 0 Å². The van der Waals surface area contributed by atoms with Gasteiger partial charge < -0.3 is 14.8 Å². The molecule has 0 aliphatic rings. The highest BCUT2D eigenvalue weighted by Crippen LogP contribution is 2.32. The zero-order valence-electron chi connectivity index (χ0n) is 11.8. The lowest BCUT2D eigenvalue weighted by Gasteiger charge is -1.99. The van der Waals surface area contributed by atoms with Crippen molar-refractivity contribution in [1.82, 2.24) is 4.98 Å². The minimum Gasteiger partial charge on any atom is -0.497 e. The molecule has 0 saturated carbocycles. The standard InChI is InChI=1S/C16H13N3O3/c1-22-11-8-6-10(7-9-11)15(20)19-18-14-12-4-2-3-5-13(12)16(21)17-14/h2-9,17,21H,1H3. The van der Waals surface area contributed by atoms with E-state index in [2.05, 4.69) is 15.2 Å². The summed E-state index contributed by atoms with van der Waals surface area (Å²) in [5, 5.41) is 18.7.